The van der Waals surface area contributed by atoms with Crippen molar-refractivity contribution in [3.63, 3.8) is 0 Å². The molecule has 0 saturated heterocycles. The van der Waals surface area contributed by atoms with Crippen LogP contribution in [0.5, 0.6) is 6.01 Å². The van der Waals surface area contributed by atoms with Crippen LogP contribution in [-0.4, -0.2) is 10.6 Å². The average Bonchev–Trinajstić information content (AvgIpc) is 2.24. The van der Waals surface area contributed by atoms with Gasteiger partial charge in [0.25, 0.3) is 0 Å². The Morgan fingerprint density at radius 2 is 1.88 bits per heavy atom. The van der Waals surface area contributed by atoms with Gasteiger partial charge < -0.3 is 9.94 Å². The van der Waals surface area contributed by atoms with Crippen LogP contribution in [0, 0.1) is 12.1 Å². The van der Waals surface area contributed by atoms with Crippen molar-refractivity contribution in [2.45, 2.75) is 33.3 Å². The van der Waals surface area contributed by atoms with Crippen LogP contribution in [0.2, 0.25) is 0 Å². The molecule has 0 bridgehead atoms. The van der Waals surface area contributed by atoms with Gasteiger partial charge in [-0.2, -0.15) is 4.73 Å². The van der Waals surface area contributed by atoms with Crippen molar-refractivity contribution in [3.05, 3.63) is 35.2 Å². The van der Waals surface area contributed by atoms with Crippen LogP contribution in [0.1, 0.15) is 26.5 Å². The van der Waals surface area contributed by atoms with Gasteiger partial charge in [-0.15, -0.1) is 0 Å². The summed E-state index contributed by atoms with van der Waals surface area (Å²) in [6, 6.07) is 7.64. The van der Waals surface area contributed by atoms with Crippen LogP contribution in [0.15, 0.2) is 24.3 Å². The smallest absolute Gasteiger partial charge is 0.502 e. The molecule has 1 aromatic heterocycles. The standard InChI is InChI=1S/C13H16N2O2/c1-9-10-7-5-6-8-11(10)14-12(15(9)16)17-13(2,3)4/h5-8H,1-4H3. The number of nitrogens with zero attached hydrogens (tertiary/aromatic N) is 2. The number of aryl methyl sites for hydroxylation is 1. The van der Waals surface area contributed by atoms with Crippen molar-refractivity contribution in [1.82, 2.24) is 4.98 Å². The Labute approximate surface area is 100 Å². The molecular formula is C13H16N2O2. The summed E-state index contributed by atoms with van der Waals surface area (Å²) in [5.74, 6) is 0. The van der Waals surface area contributed by atoms with Crippen molar-refractivity contribution < 1.29 is 9.47 Å². The largest absolute Gasteiger partial charge is 0.708 e. The summed E-state index contributed by atoms with van der Waals surface area (Å²) in [5, 5.41) is 12.8. The molecule has 0 radical (unpaired) electrons. The van der Waals surface area contributed by atoms with Crippen molar-refractivity contribution >= 4 is 10.9 Å². The van der Waals surface area contributed by atoms with E-state index in [1.165, 1.54) is 0 Å². The highest BCUT2D eigenvalue weighted by atomic mass is 16.6. The van der Waals surface area contributed by atoms with Crippen LogP contribution >= 0.6 is 0 Å². The lowest BCUT2D eigenvalue weighted by atomic mass is 10.2. The Morgan fingerprint density at radius 1 is 1.24 bits per heavy atom. The van der Waals surface area contributed by atoms with Crippen molar-refractivity contribution in [3.8, 4) is 6.01 Å². The molecule has 17 heavy (non-hydrogen) atoms. The molecule has 4 heteroatoms. The lowest BCUT2D eigenvalue weighted by Gasteiger charge is -2.20. The van der Waals surface area contributed by atoms with E-state index >= 15 is 0 Å². The Kier molecular flexibility index (Phi) is 2.65. The molecule has 0 spiro atoms. The molecule has 90 valence electrons. The van der Waals surface area contributed by atoms with Gasteiger partial charge in [-0.3, -0.25) is 0 Å². The van der Waals surface area contributed by atoms with Gasteiger partial charge in [0.2, 0.25) is 0 Å². The second-order valence-electron chi connectivity index (χ2n) is 5.01. The summed E-state index contributed by atoms with van der Waals surface area (Å²) < 4.78 is 6.30. The zero-order chi connectivity index (χ0) is 12.6. The van der Waals surface area contributed by atoms with Crippen LogP contribution in [0.3, 0.4) is 0 Å². The van der Waals surface area contributed by atoms with Crippen LogP contribution in [-0.2, 0) is 0 Å². The molecule has 0 atom stereocenters. The van der Waals surface area contributed by atoms with E-state index in [0.717, 1.165) is 15.6 Å². The first-order valence-corrected chi connectivity index (χ1v) is 5.56. The molecule has 0 saturated carbocycles. The zero-order valence-electron chi connectivity index (χ0n) is 10.5. The molecule has 0 aliphatic carbocycles. The molecular weight excluding hydrogens is 216 g/mol. The quantitative estimate of drug-likeness (QED) is 0.560. The number of ether oxygens (including phenoxy) is 1. The van der Waals surface area contributed by atoms with E-state index in [0.29, 0.717) is 5.69 Å². The van der Waals surface area contributed by atoms with Crippen LogP contribution < -0.4 is 9.47 Å². The van der Waals surface area contributed by atoms with Gasteiger partial charge in [0, 0.05) is 0 Å². The van der Waals surface area contributed by atoms with E-state index in [-0.39, 0.29) is 6.01 Å². The van der Waals surface area contributed by atoms with Gasteiger partial charge in [-0.05, 0) is 44.8 Å². The second kappa shape index (κ2) is 3.87. The predicted octanol–water partition coefficient (Wildman–Crippen LogP) is 2.35. The predicted molar refractivity (Wildman–Crippen MR) is 65.8 cm³/mol. The Morgan fingerprint density at radius 3 is 2.53 bits per heavy atom. The van der Waals surface area contributed by atoms with Gasteiger partial charge >= 0.3 is 6.01 Å². The monoisotopic (exact) mass is 232 g/mol. The lowest BCUT2D eigenvalue weighted by Crippen LogP contribution is -2.38. The molecule has 0 N–H and O–H groups in total. The maximum absolute atomic E-state index is 12.0. The summed E-state index contributed by atoms with van der Waals surface area (Å²) in [6.45, 7) is 7.43. The number of fused-ring (bicyclic) bond motifs is 1. The Balaban J connectivity index is 2.62. The molecule has 4 nitrogen and oxygen atoms in total. The maximum atomic E-state index is 12.0. The maximum Gasteiger partial charge on any atom is 0.502 e. The van der Waals surface area contributed by atoms with Crippen molar-refractivity contribution in [2.24, 2.45) is 0 Å². The lowest BCUT2D eigenvalue weighted by molar-refractivity contribution is -0.623. The molecule has 2 rings (SSSR count). The third kappa shape index (κ3) is 2.30. The topological polar surface area (TPSA) is 49.1 Å². The average molecular weight is 232 g/mol. The fraction of sp³-hybridized carbons (Fsp3) is 0.385. The Bertz CT molecular complexity index is 559. The number of para-hydroxylation sites is 1. The highest BCUT2D eigenvalue weighted by molar-refractivity contribution is 5.79. The highest BCUT2D eigenvalue weighted by Gasteiger charge is 2.22. The number of rotatable bonds is 1. The van der Waals surface area contributed by atoms with Gasteiger partial charge in [-0.25, -0.2) is 0 Å². The van der Waals surface area contributed by atoms with Gasteiger partial charge in [0.15, 0.2) is 5.52 Å². The van der Waals surface area contributed by atoms with Gasteiger partial charge in [0.05, 0.1) is 5.39 Å². The summed E-state index contributed by atoms with van der Waals surface area (Å²) >= 11 is 0. The molecule has 1 heterocycles. The third-order valence-corrected chi connectivity index (χ3v) is 2.39. The van der Waals surface area contributed by atoms with Crippen LogP contribution in [0.25, 0.3) is 10.9 Å². The molecule has 0 fully saturated rings. The number of aromatic nitrogens is 2. The van der Waals surface area contributed by atoms with Crippen molar-refractivity contribution in [1.29, 1.82) is 0 Å². The first-order chi connectivity index (χ1) is 7.88. The Hall–Kier alpha value is -1.84. The van der Waals surface area contributed by atoms with E-state index in [9.17, 15) is 5.21 Å². The molecule has 1 aromatic carbocycles. The molecule has 0 aliphatic heterocycles. The van der Waals surface area contributed by atoms with Crippen LogP contribution in [0.4, 0.5) is 0 Å². The first kappa shape index (κ1) is 11.6. The minimum atomic E-state index is -0.436. The minimum absolute atomic E-state index is 0.105. The molecule has 0 aliphatic rings. The third-order valence-electron chi connectivity index (χ3n) is 2.39. The zero-order valence-corrected chi connectivity index (χ0v) is 10.5. The van der Waals surface area contributed by atoms with E-state index in [1.807, 2.05) is 45.0 Å². The summed E-state index contributed by atoms with van der Waals surface area (Å²) in [4.78, 5) is 4.25. The number of hydrogen-bond donors (Lipinski definition) is 0. The number of benzene rings is 1. The fourth-order valence-electron chi connectivity index (χ4n) is 1.62. The second-order valence-corrected chi connectivity index (χ2v) is 5.01. The van der Waals surface area contributed by atoms with Gasteiger partial charge in [0.1, 0.15) is 11.3 Å². The number of hydrogen-bond acceptors (Lipinski definition) is 3. The van der Waals surface area contributed by atoms with E-state index in [2.05, 4.69) is 4.98 Å². The normalized spacial score (nSPS) is 11.8. The molecule has 0 amide bonds. The van der Waals surface area contributed by atoms with E-state index in [4.69, 9.17) is 4.74 Å². The SMILES string of the molecule is Cc1c2ccccc2nc(OC(C)(C)C)[n+]1[O-]. The molecule has 2 aromatic rings. The molecule has 0 unspecified atom stereocenters. The summed E-state index contributed by atoms with van der Waals surface area (Å²) in [5.41, 5.74) is 0.944. The van der Waals surface area contributed by atoms with E-state index in [1.54, 1.807) is 6.92 Å². The van der Waals surface area contributed by atoms with Gasteiger partial charge in [-0.1, -0.05) is 12.1 Å². The summed E-state index contributed by atoms with van der Waals surface area (Å²) in [6.07, 6.45) is 0. The fourth-order valence-corrected chi connectivity index (χ4v) is 1.62. The van der Waals surface area contributed by atoms with E-state index < -0.39 is 5.60 Å². The summed E-state index contributed by atoms with van der Waals surface area (Å²) in [7, 11) is 0. The van der Waals surface area contributed by atoms with Crippen molar-refractivity contribution in [2.75, 3.05) is 0 Å². The highest BCUT2D eigenvalue weighted by Crippen LogP contribution is 2.18. The minimum Gasteiger partial charge on any atom is -0.708 e. The first-order valence-electron chi connectivity index (χ1n) is 5.56.